The molecule has 0 fully saturated rings. The molecule has 0 saturated heterocycles. The van der Waals surface area contributed by atoms with E-state index in [0.717, 1.165) is 30.9 Å². The maximum absolute atomic E-state index is 14.4. The number of rotatable bonds is 6. The van der Waals surface area contributed by atoms with E-state index in [4.69, 9.17) is 0 Å². The summed E-state index contributed by atoms with van der Waals surface area (Å²) in [7, 11) is 0. The third-order valence-electron chi connectivity index (χ3n) is 10.4. The van der Waals surface area contributed by atoms with Crippen LogP contribution in [0.1, 0.15) is 88.9 Å². The van der Waals surface area contributed by atoms with Gasteiger partial charge in [-0.05, 0) is 78.3 Å². The minimum absolute atomic E-state index is 0.0348. The van der Waals surface area contributed by atoms with Crippen molar-refractivity contribution >= 4 is 17.3 Å². The van der Waals surface area contributed by atoms with Crippen LogP contribution in [-0.4, -0.2) is 43.4 Å². The molecular formula is C37H44O7. The van der Waals surface area contributed by atoms with Gasteiger partial charge in [0.25, 0.3) is 0 Å². The van der Waals surface area contributed by atoms with Crippen LogP contribution in [0.3, 0.4) is 0 Å². The minimum Gasteiger partial charge on any atom is -0.511 e. The van der Waals surface area contributed by atoms with Crippen molar-refractivity contribution in [1.29, 1.82) is 0 Å². The Balaban J connectivity index is 1.77. The molecule has 4 N–H and O–H groups in total. The summed E-state index contributed by atoms with van der Waals surface area (Å²) in [6.07, 6.45) is 2.09. The summed E-state index contributed by atoms with van der Waals surface area (Å²) in [5.74, 6) is -4.68. The second-order valence-corrected chi connectivity index (χ2v) is 14.4. The highest BCUT2D eigenvalue weighted by molar-refractivity contribution is 6.25. The van der Waals surface area contributed by atoms with Crippen molar-refractivity contribution < 1.29 is 34.8 Å². The number of allylic oxidation sites excluding steroid dienone is 2. The Morgan fingerprint density at radius 1 is 1.00 bits per heavy atom. The zero-order valence-corrected chi connectivity index (χ0v) is 27.0. The Kier molecular flexibility index (Phi) is 7.52. The monoisotopic (exact) mass is 600 g/mol. The molecule has 0 aliphatic heterocycles. The van der Waals surface area contributed by atoms with E-state index in [1.165, 1.54) is 17.2 Å². The first kappa shape index (κ1) is 31.7. The maximum atomic E-state index is 14.4. The number of ketones is 3. The van der Waals surface area contributed by atoms with Crippen LogP contribution in [0.15, 0.2) is 53.0 Å². The Morgan fingerprint density at radius 3 is 2.23 bits per heavy atom. The van der Waals surface area contributed by atoms with Crippen molar-refractivity contribution in [3.05, 3.63) is 75.3 Å². The highest BCUT2D eigenvalue weighted by atomic mass is 16.3. The topological polar surface area (TPSA) is 132 Å². The first-order valence-corrected chi connectivity index (χ1v) is 15.6. The lowest BCUT2D eigenvalue weighted by Crippen LogP contribution is -2.67. The van der Waals surface area contributed by atoms with Crippen LogP contribution in [0.4, 0.5) is 0 Å². The summed E-state index contributed by atoms with van der Waals surface area (Å²) in [5.41, 5.74) is -0.962. The molecule has 0 spiro atoms. The Morgan fingerprint density at radius 2 is 1.66 bits per heavy atom. The van der Waals surface area contributed by atoms with Gasteiger partial charge >= 0.3 is 0 Å². The number of benzene rings is 2. The summed E-state index contributed by atoms with van der Waals surface area (Å²) in [6.45, 7) is 14.7. The van der Waals surface area contributed by atoms with Crippen LogP contribution >= 0.6 is 0 Å². The molecule has 4 atom stereocenters. The van der Waals surface area contributed by atoms with Crippen molar-refractivity contribution in [1.82, 2.24) is 0 Å². The summed E-state index contributed by atoms with van der Waals surface area (Å²) in [6, 6.07) is 9.59. The lowest BCUT2D eigenvalue weighted by molar-refractivity contribution is -0.171. The fourth-order valence-electron chi connectivity index (χ4n) is 8.77. The predicted octanol–water partition coefficient (Wildman–Crippen LogP) is 6.77. The highest BCUT2D eigenvalue weighted by Crippen LogP contribution is 2.65. The van der Waals surface area contributed by atoms with Crippen molar-refractivity contribution in [2.45, 2.75) is 86.7 Å². The van der Waals surface area contributed by atoms with Crippen LogP contribution in [0.2, 0.25) is 0 Å². The van der Waals surface area contributed by atoms with E-state index in [9.17, 15) is 34.8 Å². The summed E-state index contributed by atoms with van der Waals surface area (Å²) in [5, 5.41) is 46.5. The number of aliphatic hydroxyl groups excluding tert-OH is 2. The molecule has 5 rings (SSSR count). The molecule has 234 valence electrons. The molecule has 2 aromatic carbocycles. The van der Waals surface area contributed by atoms with Gasteiger partial charge in [-0.3, -0.25) is 14.4 Å². The molecule has 7 heteroatoms. The number of Topliss-reactive ketones (excluding diaryl/α,β-unsaturated/α-hetero) is 3. The molecule has 2 aromatic rings. The third-order valence-corrected chi connectivity index (χ3v) is 10.4. The van der Waals surface area contributed by atoms with Crippen molar-refractivity contribution in [2.75, 3.05) is 0 Å². The van der Waals surface area contributed by atoms with Gasteiger partial charge in [0.15, 0.2) is 17.2 Å². The SMILES string of the molecule is CCc1ccc(-c2ccc(O)c3c2C[C@]2(C)C[C@]4(C)C(C(C)C)C(O)=C(C(C)=O)C(=O)[C@]4(O)C(O)=C2C3=O)cc1CC(C)C. The fourth-order valence-corrected chi connectivity index (χ4v) is 8.77. The highest BCUT2D eigenvalue weighted by Gasteiger charge is 2.71. The lowest BCUT2D eigenvalue weighted by atomic mass is 9.44. The van der Waals surface area contributed by atoms with Crippen molar-refractivity contribution in [2.24, 2.45) is 28.6 Å². The van der Waals surface area contributed by atoms with Gasteiger partial charge in [-0.15, -0.1) is 0 Å². The predicted molar refractivity (Wildman–Crippen MR) is 169 cm³/mol. The number of aryl methyl sites for hydroxylation is 1. The van der Waals surface area contributed by atoms with Crippen LogP contribution in [0, 0.1) is 28.6 Å². The van der Waals surface area contributed by atoms with E-state index in [1.54, 1.807) is 6.92 Å². The zero-order valence-electron chi connectivity index (χ0n) is 27.0. The number of aromatic hydroxyl groups is 1. The van der Waals surface area contributed by atoms with Crippen LogP contribution in [0.25, 0.3) is 11.1 Å². The fraction of sp³-hybridized carbons (Fsp3) is 0.486. The van der Waals surface area contributed by atoms with Crippen LogP contribution in [-0.2, 0) is 28.9 Å². The van der Waals surface area contributed by atoms with Gasteiger partial charge in [0.05, 0.1) is 5.56 Å². The summed E-state index contributed by atoms with van der Waals surface area (Å²) in [4.78, 5) is 40.8. The lowest BCUT2D eigenvalue weighted by Gasteiger charge is -2.59. The van der Waals surface area contributed by atoms with E-state index in [0.29, 0.717) is 11.5 Å². The van der Waals surface area contributed by atoms with E-state index in [-0.39, 0.29) is 41.4 Å². The molecule has 1 unspecified atom stereocenters. The quantitative estimate of drug-likeness (QED) is 0.269. The molecule has 7 nitrogen and oxygen atoms in total. The smallest absolute Gasteiger partial charge is 0.209 e. The second kappa shape index (κ2) is 10.4. The number of hydrogen-bond donors (Lipinski definition) is 4. The van der Waals surface area contributed by atoms with E-state index >= 15 is 0 Å². The van der Waals surface area contributed by atoms with Gasteiger partial charge in [0.2, 0.25) is 5.78 Å². The Hall–Kier alpha value is -3.71. The van der Waals surface area contributed by atoms with Crippen molar-refractivity contribution in [3.8, 4) is 16.9 Å². The molecule has 0 amide bonds. The molecule has 0 bridgehead atoms. The summed E-state index contributed by atoms with van der Waals surface area (Å²) >= 11 is 0. The molecular weight excluding hydrogens is 556 g/mol. The zero-order chi connectivity index (χ0) is 32.7. The number of hydrogen-bond acceptors (Lipinski definition) is 7. The molecule has 44 heavy (non-hydrogen) atoms. The van der Waals surface area contributed by atoms with E-state index < -0.39 is 51.0 Å². The van der Waals surface area contributed by atoms with Gasteiger partial charge in [-0.25, -0.2) is 0 Å². The molecule has 3 aliphatic carbocycles. The Labute approximate surface area is 259 Å². The van der Waals surface area contributed by atoms with Gasteiger partial charge in [0.1, 0.15) is 22.8 Å². The average Bonchev–Trinajstić information content (AvgIpc) is 2.90. The number of phenols is 1. The average molecular weight is 601 g/mol. The third kappa shape index (κ3) is 4.22. The maximum Gasteiger partial charge on any atom is 0.209 e. The Bertz CT molecular complexity index is 1670. The number of carbonyl (C=O) groups excluding carboxylic acids is 3. The van der Waals surface area contributed by atoms with Crippen LogP contribution < -0.4 is 0 Å². The molecule has 3 aliphatic rings. The largest absolute Gasteiger partial charge is 0.511 e. The standard InChI is InChI=1S/C37H44O7/c1-9-21-10-11-22(15-23(21)14-18(2)3)24-12-13-26(39)28-25(24)16-35(7)17-36(8)29(19(4)5)31(40)27(20(6)38)33(42)37(36,44)34(43)30(35)32(28)41/h10-13,15,18-19,29,39-40,43-44H,9,14,16-17H2,1-8H3/t29?,35-,36-,37+/m1/s1. The number of phenolic OH excluding ortho intramolecular Hbond substituents is 1. The molecule has 0 aromatic heterocycles. The molecule has 0 heterocycles. The minimum atomic E-state index is -2.62. The molecule has 0 saturated carbocycles. The first-order valence-electron chi connectivity index (χ1n) is 15.6. The summed E-state index contributed by atoms with van der Waals surface area (Å²) < 4.78 is 0. The number of fused-ring (bicyclic) bond motifs is 3. The van der Waals surface area contributed by atoms with Crippen molar-refractivity contribution in [3.63, 3.8) is 0 Å². The van der Waals surface area contributed by atoms with Gasteiger partial charge in [-0.1, -0.05) is 72.7 Å². The van der Waals surface area contributed by atoms with Gasteiger partial charge in [0, 0.05) is 22.3 Å². The van der Waals surface area contributed by atoms with Gasteiger partial charge in [-0.2, -0.15) is 0 Å². The van der Waals surface area contributed by atoms with Crippen LogP contribution in [0.5, 0.6) is 5.75 Å². The molecule has 0 radical (unpaired) electrons. The normalized spacial score (nSPS) is 28.4. The van der Waals surface area contributed by atoms with E-state index in [1.807, 2.05) is 32.9 Å². The number of carbonyl (C=O) groups is 3. The first-order chi connectivity index (χ1) is 20.4. The second-order valence-electron chi connectivity index (χ2n) is 14.4. The number of aliphatic hydroxyl groups is 3. The van der Waals surface area contributed by atoms with E-state index in [2.05, 4.69) is 32.9 Å². The van der Waals surface area contributed by atoms with Gasteiger partial charge < -0.3 is 20.4 Å².